The number of hydrogen-bond donors (Lipinski definition) is 1. The Morgan fingerprint density at radius 1 is 1.22 bits per heavy atom. The second-order valence-corrected chi connectivity index (χ2v) is 5.19. The lowest BCUT2D eigenvalue weighted by Gasteiger charge is -2.13. The molecular weight excluding hydrogens is 302 g/mol. The van der Waals surface area contributed by atoms with Crippen LogP contribution in [-0.4, -0.2) is 37.8 Å². The number of methoxy groups -OCH3 is 1. The van der Waals surface area contributed by atoms with Gasteiger partial charge in [-0.2, -0.15) is 0 Å². The van der Waals surface area contributed by atoms with Crippen molar-refractivity contribution in [3.63, 3.8) is 0 Å². The van der Waals surface area contributed by atoms with E-state index in [9.17, 15) is 14.4 Å². The molecule has 1 atom stereocenters. The zero-order chi connectivity index (χ0) is 16.8. The van der Waals surface area contributed by atoms with Crippen LogP contribution < -0.4 is 10.1 Å². The Bertz CT molecular complexity index is 613. The van der Waals surface area contributed by atoms with Crippen molar-refractivity contribution >= 4 is 18.0 Å². The monoisotopic (exact) mass is 321 g/mol. The molecule has 0 aromatic heterocycles. The van der Waals surface area contributed by atoms with Crippen LogP contribution in [-0.2, 0) is 31.9 Å². The van der Waals surface area contributed by atoms with Crippen molar-refractivity contribution < 1.29 is 28.6 Å². The van der Waals surface area contributed by atoms with E-state index in [0.29, 0.717) is 5.75 Å². The summed E-state index contributed by atoms with van der Waals surface area (Å²) in [5.41, 5.74) is 2.55. The molecule has 1 aromatic carbocycles. The molecule has 1 aromatic rings. The Balaban J connectivity index is 1.78. The second-order valence-electron chi connectivity index (χ2n) is 5.19. The van der Waals surface area contributed by atoms with Crippen LogP contribution in [0.15, 0.2) is 18.2 Å². The molecular formula is C16H19NO6. The summed E-state index contributed by atoms with van der Waals surface area (Å²) >= 11 is 0. The molecule has 2 amide bonds. The summed E-state index contributed by atoms with van der Waals surface area (Å²) in [4.78, 5) is 34.1. The van der Waals surface area contributed by atoms with Crippen LogP contribution in [0.2, 0.25) is 0 Å². The molecule has 0 heterocycles. The van der Waals surface area contributed by atoms with Gasteiger partial charge < -0.3 is 14.2 Å². The molecule has 0 aliphatic heterocycles. The van der Waals surface area contributed by atoms with Gasteiger partial charge in [0.05, 0.1) is 7.11 Å². The number of carbonyl (C=O) groups is 3. The van der Waals surface area contributed by atoms with Gasteiger partial charge >= 0.3 is 12.1 Å². The van der Waals surface area contributed by atoms with Crippen molar-refractivity contribution in [2.24, 2.45) is 0 Å². The van der Waals surface area contributed by atoms with Gasteiger partial charge in [-0.3, -0.25) is 10.1 Å². The van der Waals surface area contributed by atoms with Gasteiger partial charge in [-0.25, -0.2) is 9.59 Å². The molecule has 0 radical (unpaired) electrons. The third-order valence-electron chi connectivity index (χ3n) is 3.51. The van der Waals surface area contributed by atoms with E-state index in [4.69, 9.17) is 9.47 Å². The summed E-state index contributed by atoms with van der Waals surface area (Å²) in [7, 11) is 1.13. The average molecular weight is 321 g/mol. The molecule has 7 heteroatoms. The van der Waals surface area contributed by atoms with E-state index >= 15 is 0 Å². The van der Waals surface area contributed by atoms with Crippen molar-refractivity contribution in [3.05, 3.63) is 29.3 Å². The number of benzene rings is 1. The second kappa shape index (κ2) is 7.62. The number of carbonyl (C=O) groups excluding carboxylic acids is 3. The number of hydrogen-bond acceptors (Lipinski definition) is 6. The van der Waals surface area contributed by atoms with Crippen LogP contribution in [0.25, 0.3) is 0 Å². The van der Waals surface area contributed by atoms with Gasteiger partial charge in [0.15, 0.2) is 12.7 Å². The maximum Gasteiger partial charge on any atom is 0.413 e. The summed E-state index contributed by atoms with van der Waals surface area (Å²) in [6.07, 6.45) is 1.19. The number of esters is 1. The number of nitrogens with one attached hydrogen (secondary N) is 1. The molecule has 124 valence electrons. The molecule has 2 rings (SSSR count). The fraction of sp³-hybridized carbons (Fsp3) is 0.438. The Morgan fingerprint density at radius 3 is 2.70 bits per heavy atom. The van der Waals surface area contributed by atoms with E-state index in [-0.39, 0.29) is 6.61 Å². The molecule has 23 heavy (non-hydrogen) atoms. The SMILES string of the molecule is COC(=O)NC(=O)[C@H](C)OC(=O)COc1ccc2c(c1)CCC2. The van der Waals surface area contributed by atoms with Crippen molar-refractivity contribution in [3.8, 4) is 5.75 Å². The molecule has 1 aliphatic carbocycles. The zero-order valence-electron chi connectivity index (χ0n) is 13.1. The van der Waals surface area contributed by atoms with Crippen LogP contribution >= 0.6 is 0 Å². The van der Waals surface area contributed by atoms with Crippen LogP contribution in [0.4, 0.5) is 4.79 Å². The Kier molecular flexibility index (Phi) is 5.56. The summed E-state index contributed by atoms with van der Waals surface area (Å²) in [5.74, 6) is -0.866. The predicted molar refractivity (Wildman–Crippen MR) is 80.1 cm³/mol. The standard InChI is InChI=1S/C16H19NO6/c1-10(15(19)17-16(20)21-2)23-14(18)9-22-13-7-6-11-4-3-5-12(11)8-13/h6-8,10H,3-5,9H2,1-2H3,(H,17,19,20)/t10-/m0/s1. The van der Waals surface area contributed by atoms with E-state index in [1.54, 1.807) is 0 Å². The first kappa shape index (κ1) is 16.8. The number of ether oxygens (including phenoxy) is 3. The molecule has 0 unspecified atom stereocenters. The topological polar surface area (TPSA) is 90.9 Å². The molecule has 1 N–H and O–H groups in total. The van der Waals surface area contributed by atoms with Crippen molar-refractivity contribution in [1.29, 1.82) is 0 Å². The lowest BCUT2D eigenvalue weighted by atomic mass is 10.1. The highest BCUT2D eigenvalue weighted by molar-refractivity contribution is 5.95. The maximum atomic E-state index is 11.7. The lowest BCUT2D eigenvalue weighted by molar-refractivity contribution is -0.156. The van der Waals surface area contributed by atoms with Gasteiger partial charge in [-0.15, -0.1) is 0 Å². The van der Waals surface area contributed by atoms with Gasteiger partial charge in [0.1, 0.15) is 5.75 Å². The van der Waals surface area contributed by atoms with E-state index in [1.165, 1.54) is 18.1 Å². The minimum Gasteiger partial charge on any atom is -0.482 e. The first-order chi connectivity index (χ1) is 11.0. The van der Waals surface area contributed by atoms with E-state index in [0.717, 1.165) is 26.4 Å². The van der Waals surface area contributed by atoms with Gasteiger partial charge in [-0.05, 0) is 49.4 Å². The number of imide groups is 1. The van der Waals surface area contributed by atoms with Crippen LogP contribution in [0.5, 0.6) is 5.75 Å². The normalized spacial score (nSPS) is 13.7. The average Bonchev–Trinajstić information content (AvgIpc) is 3.00. The number of amides is 2. The highest BCUT2D eigenvalue weighted by atomic mass is 16.6. The lowest BCUT2D eigenvalue weighted by Crippen LogP contribution is -2.40. The molecule has 0 fully saturated rings. The Labute approximate surface area is 133 Å². The van der Waals surface area contributed by atoms with Gasteiger partial charge in [0, 0.05) is 0 Å². The minimum atomic E-state index is -1.12. The fourth-order valence-corrected chi connectivity index (χ4v) is 2.32. The smallest absolute Gasteiger partial charge is 0.413 e. The molecule has 1 aliphatic rings. The molecule has 0 spiro atoms. The molecule has 7 nitrogen and oxygen atoms in total. The molecule has 0 saturated heterocycles. The number of rotatable bonds is 5. The quantitative estimate of drug-likeness (QED) is 0.824. The summed E-state index contributed by atoms with van der Waals surface area (Å²) in [5, 5.41) is 1.92. The van der Waals surface area contributed by atoms with E-state index < -0.39 is 24.1 Å². The van der Waals surface area contributed by atoms with Crippen LogP contribution in [0.3, 0.4) is 0 Å². The largest absolute Gasteiger partial charge is 0.482 e. The van der Waals surface area contributed by atoms with E-state index in [1.807, 2.05) is 23.5 Å². The molecule has 0 bridgehead atoms. The zero-order valence-corrected chi connectivity index (χ0v) is 13.1. The number of aryl methyl sites for hydroxylation is 2. The van der Waals surface area contributed by atoms with Gasteiger partial charge in [-0.1, -0.05) is 6.07 Å². The third-order valence-corrected chi connectivity index (χ3v) is 3.51. The summed E-state index contributed by atoms with van der Waals surface area (Å²) in [6, 6.07) is 5.73. The number of fused-ring (bicyclic) bond motifs is 1. The summed E-state index contributed by atoms with van der Waals surface area (Å²) < 4.78 is 14.5. The van der Waals surface area contributed by atoms with Gasteiger partial charge in [0.2, 0.25) is 0 Å². The van der Waals surface area contributed by atoms with Crippen molar-refractivity contribution in [2.45, 2.75) is 32.3 Å². The maximum absolute atomic E-state index is 11.7. The Hall–Kier alpha value is -2.57. The highest BCUT2D eigenvalue weighted by Crippen LogP contribution is 2.25. The summed E-state index contributed by atoms with van der Waals surface area (Å²) in [6.45, 7) is 1.04. The van der Waals surface area contributed by atoms with Crippen molar-refractivity contribution in [1.82, 2.24) is 5.32 Å². The highest BCUT2D eigenvalue weighted by Gasteiger charge is 2.20. The van der Waals surface area contributed by atoms with Gasteiger partial charge in [0.25, 0.3) is 5.91 Å². The Morgan fingerprint density at radius 2 is 1.96 bits per heavy atom. The predicted octanol–water partition coefficient (Wildman–Crippen LogP) is 1.37. The first-order valence-electron chi connectivity index (χ1n) is 7.32. The minimum absolute atomic E-state index is 0.311. The fourth-order valence-electron chi connectivity index (χ4n) is 2.32. The number of alkyl carbamates (subject to hydrolysis) is 1. The first-order valence-corrected chi connectivity index (χ1v) is 7.32. The van der Waals surface area contributed by atoms with Crippen LogP contribution in [0.1, 0.15) is 24.5 Å². The third kappa shape index (κ3) is 4.70. The van der Waals surface area contributed by atoms with Crippen LogP contribution in [0, 0.1) is 0 Å². The molecule has 0 saturated carbocycles. The van der Waals surface area contributed by atoms with E-state index in [2.05, 4.69) is 4.74 Å². The van der Waals surface area contributed by atoms with Crippen molar-refractivity contribution in [2.75, 3.05) is 13.7 Å².